The smallest absolute Gasteiger partial charge is 0.330 e. The first-order chi connectivity index (χ1) is 19.8. The maximum Gasteiger partial charge on any atom is 0.330 e. The van der Waals surface area contributed by atoms with Crippen molar-refractivity contribution in [2.45, 2.75) is 27.3 Å². The van der Waals surface area contributed by atoms with E-state index in [-0.39, 0.29) is 6.03 Å². The maximum atomic E-state index is 13.6. The molecule has 206 valence electrons. The molecule has 0 unspecified atom stereocenters. The van der Waals surface area contributed by atoms with Crippen LogP contribution in [0.25, 0.3) is 22.6 Å². The summed E-state index contributed by atoms with van der Waals surface area (Å²) in [5.74, 6) is 2.44. The average Bonchev–Trinajstić information content (AvgIpc) is 3.47. The van der Waals surface area contributed by atoms with E-state index in [0.717, 1.165) is 56.5 Å². The van der Waals surface area contributed by atoms with Gasteiger partial charge in [0.2, 0.25) is 5.95 Å². The van der Waals surface area contributed by atoms with E-state index in [1.54, 1.807) is 36.4 Å². The molecule has 2 amide bonds. The number of aryl methyl sites for hydroxylation is 3. The summed E-state index contributed by atoms with van der Waals surface area (Å²) in [7, 11) is 3.38. The van der Waals surface area contributed by atoms with Crippen molar-refractivity contribution >= 4 is 29.2 Å². The monoisotopic (exact) mass is 546 g/mol. The summed E-state index contributed by atoms with van der Waals surface area (Å²) in [6.07, 6.45) is 3.56. The predicted molar refractivity (Wildman–Crippen MR) is 160 cm³/mol. The molecule has 0 atom stereocenters. The molecule has 0 aliphatic carbocycles. The summed E-state index contributed by atoms with van der Waals surface area (Å²) in [6.45, 7) is 6.22. The number of methoxy groups -OCH3 is 1. The fraction of sp³-hybridized carbons (Fsp3) is 0.194. The first-order valence-electron chi connectivity index (χ1n) is 13.2. The molecule has 10 nitrogen and oxygen atoms in total. The van der Waals surface area contributed by atoms with Crippen molar-refractivity contribution in [1.29, 1.82) is 0 Å². The molecule has 0 saturated carbocycles. The van der Waals surface area contributed by atoms with Gasteiger partial charge in [-0.05, 0) is 56.7 Å². The number of nitrogens with zero attached hydrogens (tertiary/aromatic N) is 6. The predicted octanol–water partition coefficient (Wildman–Crippen LogP) is 6.18. The third-order valence-corrected chi connectivity index (χ3v) is 7.22. The number of hydrogen-bond donors (Lipinski definition) is 2. The van der Waals surface area contributed by atoms with Gasteiger partial charge in [-0.1, -0.05) is 24.3 Å². The zero-order valence-corrected chi connectivity index (χ0v) is 23.6. The number of amides is 2. The van der Waals surface area contributed by atoms with Crippen molar-refractivity contribution in [1.82, 2.24) is 24.9 Å². The molecule has 10 heteroatoms. The first-order valence-corrected chi connectivity index (χ1v) is 13.2. The second-order valence-electron chi connectivity index (χ2n) is 10.0. The van der Waals surface area contributed by atoms with E-state index in [0.29, 0.717) is 24.1 Å². The van der Waals surface area contributed by atoms with Crippen LogP contribution in [0.3, 0.4) is 0 Å². The Balaban J connectivity index is 1.29. The van der Waals surface area contributed by atoms with Gasteiger partial charge < -0.3 is 15.0 Å². The van der Waals surface area contributed by atoms with Crippen LogP contribution in [-0.4, -0.2) is 45.1 Å². The van der Waals surface area contributed by atoms with Crippen molar-refractivity contribution in [3.05, 3.63) is 89.5 Å². The van der Waals surface area contributed by atoms with E-state index >= 15 is 0 Å². The molecule has 0 saturated heterocycles. The third-order valence-electron chi connectivity index (χ3n) is 7.22. The number of anilines is 4. The summed E-state index contributed by atoms with van der Waals surface area (Å²) in [5, 5.41) is 3.23. The maximum absolute atomic E-state index is 13.6. The number of hydrogen-bond acceptors (Lipinski definition) is 7. The van der Waals surface area contributed by atoms with Crippen LogP contribution in [0.15, 0.2) is 67.0 Å². The van der Waals surface area contributed by atoms with E-state index in [2.05, 4.69) is 30.2 Å². The molecular weight excluding hydrogens is 516 g/mol. The van der Waals surface area contributed by atoms with Crippen LogP contribution in [0.1, 0.15) is 22.5 Å². The van der Waals surface area contributed by atoms with E-state index in [4.69, 9.17) is 4.74 Å². The number of aromatic amines is 1. The van der Waals surface area contributed by atoms with Crippen LogP contribution in [-0.2, 0) is 6.54 Å². The van der Waals surface area contributed by atoms with Gasteiger partial charge in [-0.3, -0.25) is 14.8 Å². The molecule has 2 N–H and O–H groups in total. The van der Waals surface area contributed by atoms with Gasteiger partial charge in [0.25, 0.3) is 0 Å². The highest BCUT2D eigenvalue weighted by Gasteiger charge is 2.31. The lowest BCUT2D eigenvalue weighted by molar-refractivity contribution is 0.251. The molecule has 3 aromatic heterocycles. The number of carbonyl (C=O) groups excluding carboxylic acids is 1. The fourth-order valence-electron chi connectivity index (χ4n) is 5.02. The second-order valence-corrected chi connectivity index (χ2v) is 10.0. The molecule has 1 aliphatic rings. The number of urea groups is 1. The Hall–Kier alpha value is -5.25. The summed E-state index contributed by atoms with van der Waals surface area (Å²) in [5.41, 5.74) is 7.86. The SMILES string of the molecule is COc1ccccc1-c1cnc(-c2ccc(C)c(N3Cc4cnc(Nc5ccc(C)nc5C)nc4N(C)C3=O)c2)[nH]1. The van der Waals surface area contributed by atoms with Crippen LogP contribution >= 0.6 is 0 Å². The minimum atomic E-state index is -0.176. The van der Waals surface area contributed by atoms with Gasteiger partial charge in [0.15, 0.2) is 0 Å². The Morgan fingerprint density at radius 1 is 0.976 bits per heavy atom. The molecule has 0 radical (unpaired) electrons. The molecule has 41 heavy (non-hydrogen) atoms. The molecule has 0 bridgehead atoms. The molecule has 2 aromatic carbocycles. The standard InChI is InChI=1S/C31H30N8O2/c1-18-10-12-21(28-32-16-25(35-28)23-8-6-7-9-27(23)41-5)14-26(18)39-17-22-15-33-30(37-29(22)38(4)31(39)40)36-24-13-11-19(2)34-20(24)3/h6-16H,17H2,1-5H3,(H,32,35)(H,33,36,37). The van der Waals surface area contributed by atoms with Gasteiger partial charge in [-0.2, -0.15) is 4.98 Å². The second kappa shape index (κ2) is 10.4. The minimum absolute atomic E-state index is 0.176. The molecule has 5 aromatic rings. The zero-order valence-electron chi connectivity index (χ0n) is 23.6. The lowest BCUT2D eigenvalue weighted by Gasteiger charge is -2.35. The van der Waals surface area contributed by atoms with Crippen molar-refractivity contribution < 1.29 is 9.53 Å². The van der Waals surface area contributed by atoms with Gasteiger partial charge >= 0.3 is 6.03 Å². The van der Waals surface area contributed by atoms with Gasteiger partial charge in [0.1, 0.15) is 17.4 Å². The van der Waals surface area contributed by atoms with Gasteiger partial charge in [-0.25, -0.2) is 14.8 Å². The number of benzene rings is 2. The normalized spacial score (nSPS) is 12.9. The van der Waals surface area contributed by atoms with Crippen molar-refractivity contribution in [3.63, 3.8) is 0 Å². The van der Waals surface area contributed by atoms with E-state index in [1.165, 1.54) is 0 Å². The highest BCUT2D eigenvalue weighted by molar-refractivity contribution is 6.05. The largest absolute Gasteiger partial charge is 0.496 e. The van der Waals surface area contributed by atoms with Crippen LogP contribution in [0.4, 0.5) is 27.9 Å². The molecule has 6 rings (SSSR count). The number of rotatable bonds is 6. The Kier molecular flexibility index (Phi) is 6.58. The molecular formula is C31H30N8O2. The summed E-state index contributed by atoms with van der Waals surface area (Å²) < 4.78 is 5.51. The fourth-order valence-corrected chi connectivity index (χ4v) is 5.02. The number of carbonyl (C=O) groups is 1. The highest BCUT2D eigenvalue weighted by atomic mass is 16.5. The summed E-state index contributed by atoms with van der Waals surface area (Å²) in [6, 6.07) is 17.5. The number of ether oxygens (including phenoxy) is 1. The zero-order chi connectivity index (χ0) is 28.7. The number of pyridine rings is 1. The summed E-state index contributed by atoms with van der Waals surface area (Å²) >= 11 is 0. The van der Waals surface area contributed by atoms with E-state index < -0.39 is 0 Å². The van der Waals surface area contributed by atoms with Gasteiger partial charge in [-0.15, -0.1) is 0 Å². The molecule has 0 fully saturated rings. The van der Waals surface area contributed by atoms with Crippen molar-refractivity contribution in [3.8, 4) is 28.4 Å². The van der Waals surface area contributed by atoms with Crippen LogP contribution in [0.5, 0.6) is 5.75 Å². The lowest BCUT2D eigenvalue weighted by atomic mass is 10.1. The number of fused-ring (bicyclic) bond motifs is 1. The number of para-hydroxylation sites is 1. The minimum Gasteiger partial charge on any atom is -0.496 e. The van der Waals surface area contributed by atoms with Crippen LogP contribution in [0.2, 0.25) is 0 Å². The Bertz CT molecular complexity index is 1780. The topological polar surface area (TPSA) is 112 Å². The summed E-state index contributed by atoms with van der Waals surface area (Å²) in [4.78, 5) is 38.7. The van der Waals surface area contributed by atoms with Crippen LogP contribution < -0.4 is 19.9 Å². The Morgan fingerprint density at radius 2 is 1.80 bits per heavy atom. The highest BCUT2D eigenvalue weighted by Crippen LogP contribution is 2.35. The van der Waals surface area contributed by atoms with E-state index in [9.17, 15) is 4.79 Å². The van der Waals surface area contributed by atoms with Crippen LogP contribution in [0, 0.1) is 20.8 Å². The molecule has 1 aliphatic heterocycles. The van der Waals surface area contributed by atoms with Crippen molar-refractivity contribution in [2.24, 2.45) is 0 Å². The van der Waals surface area contributed by atoms with Crippen molar-refractivity contribution in [2.75, 3.05) is 29.3 Å². The number of imidazole rings is 1. The average molecular weight is 547 g/mol. The van der Waals surface area contributed by atoms with Gasteiger partial charge in [0.05, 0.1) is 36.9 Å². The number of aromatic nitrogens is 5. The number of nitrogens with one attached hydrogen (secondary N) is 2. The quantitative estimate of drug-likeness (QED) is 0.261. The molecule has 4 heterocycles. The third kappa shape index (κ3) is 4.84. The van der Waals surface area contributed by atoms with Gasteiger partial charge in [0, 0.05) is 41.3 Å². The lowest BCUT2D eigenvalue weighted by Crippen LogP contribution is -2.46. The molecule has 0 spiro atoms. The first kappa shape index (κ1) is 26.0. The van der Waals surface area contributed by atoms with E-state index in [1.807, 2.05) is 75.4 Å². The Morgan fingerprint density at radius 3 is 2.61 bits per heavy atom. The number of H-pyrrole nitrogens is 1. The Labute approximate surface area is 238 Å².